The normalized spacial score (nSPS) is 12.5. The molecule has 2 aromatic heterocycles. The Hall–Kier alpha value is -3.99. The van der Waals surface area contributed by atoms with Gasteiger partial charge in [0.25, 0.3) is 0 Å². The van der Waals surface area contributed by atoms with E-state index < -0.39 is 30.7 Å². The van der Waals surface area contributed by atoms with E-state index in [1.165, 1.54) is 36.0 Å². The van der Waals surface area contributed by atoms with E-state index in [1.807, 2.05) is 32.0 Å². The number of ketones is 1. The number of aromatic nitrogens is 3. The Morgan fingerprint density at radius 2 is 1.97 bits per heavy atom. The predicted octanol–water partition coefficient (Wildman–Crippen LogP) is 5.47. The zero-order valence-corrected chi connectivity index (χ0v) is 20.4. The average Bonchev–Trinajstić information content (AvgIpc) is 3.26. The maximum Gasteiger partial charge on any atom is 0.390 e. The summed E-state index contributed by atoms with van der Waals surface area (Å²) in [5, 5.41) is 7.15. The van der Waals surface area contributed by atoms with E-state index in [0.29, 0.717) is 5.69 Å². The summed E-state index contributed by atoms with van der Waals surface area (Å²) in [6, 6.07) is 10.6. The fourth-order valence-corrected chi connectivity index (χ4v) is 4.12. The number of benzene rings is 2. The number of carbonyl (C=O) groups is 1. The SMILES string of the molecule is COc1c(F)cccc1C(=O)c1cc(NCCC(F)(F)F)c2ncc(-c3ccc(C(C)N)c(C)c3)n2n1. The zero-order valence-electron chi connectivity index (χ0n) is 20.4. The molecule has 4 rings (SSSR count). The second-order valence-corrected chi connectivity index (χ2v) is 8.62. The van der Waals surface area contributed by atoms with Gasteiger partial charge in [0, 0.05) is 18.2 Å². The lowest BCUT2D eigenvalue weighted by atomic mass is 9.99. The van der Waals surface area contributed by atoms with Crippen LogP contribution in [0, 0.1) is 12.7 Å². The van der Waals surface area contributed by atoms with Gasteiger partial charge in [-0.25, -0.2) is 13.9 Å². The molecule has 1 unspecified atom stereocenters. The largest absolute Gasteiger partial charge is 0.493 e. The van der Waals surface area contributed by atoms with Gasteiger partial charge in [-0.3, -0.25) is 4.79 Å². The van der Waals surface area contributed by atoms with Crippen molar-refractivity contribution in [1.29, 1.82) is 0 Å². The number of halogens is 4. The molecule has 0 aliphatic rings. The highest BCUT2D eigenvalue weighted by Gasteiger charge is 2.27. The van der Waals surface area contributed by atoms with Gasteiger partial charge in [0.2, 0.25) is 5.78 Å². The number of hydrogen-bond donors (Lipinski definition) is 2. The molecule has 0 aliphatic carbocycles. The average molecular weight is 516 g/mol. The van der Waals surface area contributed by atoms with Gasteiger partial charge in [0.15, 0.2) is 17.2 Å². The molecular weight excluding hydrogens is 490 g/mol. The summed E-state index contributed by atoms with van der Waals surface area (Å²) in [5.74, 6) is -1.65. The number of para-hydroxylation sites is 1. The summed E-state index contributed by atoms with van der Waals surface area (Å²) in [4.78, 5) is 17.7. The molecule has 0 saturated carbocycles. The number of nitrogens with zero attached hydrogens (tertiary/aromatic N) is 3. The van der Waals surface area contributed by atoms with E-state index in [1.54, 1.807) is 0 Å². The molecule has 7 nitrogen and oxygen atoms in total. The molecule has 4 aromatic rings. The standard InChI is InChI=1S/C26H25F4N5O2/c1-14-11-16(7-8-17(14)15(2)31)22-13-33-25-21(32-10-9-26(28,29)30)12-20(34-35(22)25)23(36)18-5-4-6-19(27)24(18)37-3/h4-8,11-13,15,32H,9-10,31H2,1-3H3. The number of anilines is 1. The molecule has 194 valence electrons. The van der Waals surface area contributed by atoms with Crippen LogP contribution < -0.4 is 15.8 Å². The predicted molar refractivity (Wildman–Crippen MR) is 131 cm³/mol. The van der Waals surface area contributed by atoms with Crippen molar-refractivity contribution in [2.24, 2.45) is 5.73 Å². The van der Waals surface area contributed by atoms with Crippen molar-refractivity contribution in [2.75, 3.05) is 19.0 Å². The molecule has 0 spiro atoms. The van der Waals surface area contributed by atoms with Crippen LogP contribution in [0.2, 0.25) is 0 Å². The van der Waals surface area contributed by atoms with Gasteiger partial charge in [0.05, 0.1) is 36.7 Å². The van der Waals surface area contributed by atoms with Gasteiger partial charge < -0.3 is 15.8 Å². The highest BCUT2D eigenvalue weighted by molar-refractivity contribution is 6.10. The van der Waals surface area contributed by atoms with Gasteiger partial charge in [-0.15, -0.1) is 0 Å². The first-order valence-corrected chi connectivity index (χ1v) is 11.4. The van der Waals surface area contributed by atoms with Gasteiger partial charge in [-0.05, 0) is 49.2 Å². The molecule has 0 saturated heterocycles. The molecule has 0 amide bonds. The summed E-state index contributed by atoms with van der Waals surface area (Å²) < 4.78 is 59.1. The number of carbonyl (C=O) groups excluding carboxylic acids is 1. The minimum absolute atomic E-state index is 0.0746. The molecule has 2 aromatic carbocycles. The summed E-state index contributed by atoms with van der Waals surface area (Å²) in [6.45, 7) is 3.34. The number of nitrogens with two attached hydrogens (primary N) is 1. The van der Waals surface area contributed by atoms with E-state index in [2.05, 4.69) is 15.4 Å². The fourth-order valence-electron chi connectivity index (χ4n) is 4.12. The van der Waals surface area contributed by atoms with Gasteiger partial charge in [-0.2, -0.15) is 18.3 Å². The molecule has 0 aliphatic heterocycles. The van der Waals surface area contributed by atoms with Crippen molar-refractivity contribution in [2.45, 2.75) is 32.5 Å². The summed E-state index contributed by atoms with van der Waals surface area (Å²) in [5.41, 5.74) is 9.33. The third kappa shape index (κ3) is 5.41. The molecule has 0 radical (unpaired) electrons. The van der Waals surface area contributed by atoms with E-state index in [9.17, 15) is 22.4 Å². The van der Waals surface area contributed by atoms with Crippen LogP contribution in [0.1, 0.15) is 46.6 Å². The van der Waals surface area contributed by atoms with Crippen LogP contribution in [0.25, 0.3) is 16.9 Å². The van der Waals surface area contributed by atoms with Crippen molar-refractivity contribution in [3.05, 3.63) is 76.9 Å². The van der Waals surface area contributed by atoms with E-state index in [-0.39, 0.29) is 34.4 Å². The van der Waals surface area contributed by atoms with E-state index in [0.717, 1.165) is 22.8 Å². The number of nitrogens with one attached hydrogen (secondary N) is 1. The number of hydrogen-bond acceptors (Lipinski definition) is 6. The van der Waals surface area contributed by atoms with E-state index >= 15 is 0 Å². The number of imidazole rings is 1. The van der Waals surface area contributed by atoms with Crippen LogP contribution in [0.15, 0.2) is 48.7 Å². The van der Waals surface area contributed by atoms with Crippen LogP contribution in [0.4, 0.5) is 23.2 Å². The molecule has 1 atom stereocenters. The van der Waals surface area contributed by atoms with Crippen LogP contribution >= 0.6 is 0 Å². The van der Waals surface area contributed by atoms with Gasteiger partial charge >= 0.3 is 6.18 Å². The molecule has 0 fully saturated rings. The Bertz CT molecular complexity index is 1460. The fraction of sp³-hybridized carbons (Fsp3) is 0.269. The maximum absolute atomic E-state index is 14.3. The number of methoxy groups -OCH3 is 1. The van der Waals surface area contributed by atoms with Crippen molar-refractivity contribution in [3.8, 4) is 17.0 Å². The number of rotatable bonds is 8. The van der Waals surface area contributed by atoms with Gasteiger partial charge in [-0.1, -0.05) is 18.2 Å². The molecule has 2 heterocycles. The molecule has 11 heteroatoms. The van der Waals surface area contributed by atoms with E-state index in [4.69, 9.17) is 10.5 Å². The van der Waals surface area contributed by atoms with Crippen molar-refractivity contribution < 1.29 is 27.1 Å². The Kier molecular flexibility index (Phi) is 7.17. The number of aryl methyl sites for hydroxylation is 1. The lowest BCUT2D eigenvalue weighted by Crippen LogP contribution is -2.16. The monoisotopic (exact) mass is 515 g/mol. The number of alkyl halides is 3. The molecular formula is C26H25F4N5O2. The van der Waals surface area contributed by atoms with Crippen LogP contribution in [0.5, 0.6) is 5.75 Å². The van der Waals surface area contributed by atoms with Crippen molar-refractivity contribution in [3.63, 3.8) is 0 Å². The Balaban J connectivity index is 1.86. The summed E-state index contributed by atoms with van der Waals surface area (Å²) in [7, 11) is 1.23. The lowest BCUT2D eigenvalue weighted by Gasteiger charge is -2.14. The zero-order chi connectivity index (χ0) is 26.9. The lowest BCUT2D eigenvalue weighted by molar-refractivity contribution is -0.131. The topological polar surface area (TPSA) is 94.5 Å². The van der Waals surface area contributed by atoms with Crippen LogP contribution in [0.3, 0.4) is 0 Å². The third-order valence-electron chi connectivity index (χ3n) is 5.90. The highest BCUT2D eigenvalue weighted by Crippen LogP contribution is 2.30. The Morgan fingerprint density at radius 1 is 1.22 bits per heavy atom. The first-order chi connectivity index (χ1) is 17.5. The second-order valence-electron chi connectivity index (χ2n) is 8.62. The van der Waals surface area contributed by atoms with Gasteiger partial charge in [0.1, 0.15) is 5.69 Å². The highest BCUT2D eigenvalue weighted by atomic mass is 19.4. The minimum atomic E-state index is -4.37. The Morgan fingerprint density at radius 3 is 2.62 bits per heavy atom. The number of ether oxygens (including phenoxy) is 1. The Labute approximate surface area is 210 Å². The summed E-state index contributed by atoms with van der Waals surface area (Å²) >= 11 is 0. The van der Waals surface area contributed by atoms with Crippen molar-refractivity contribution >= 4 is 17.1 Å². The third-order valence-corrected chi connectivity index (χ3v) is 5.90. The van der Waals surface area contributed by atoms with Crippen LogP contribution in [-0.2, 0) is 0 Å². The molecule has 3 N–H and O–H groups in total. The number of fused-ring (bicyclic) bond motifs is 1. The van der Waals surface area contributed by atoms with Crippen LogP contribution in [-0.4, -0.2) is 40.2 Å². The summed E-state index contributed by atoms with van der Waals surface area (Å²) in [6.07, 6.45) is -3.94. The minimum Gasteiger partial charge on any atom is -0.493 e. The quantitative estimate of drug-likeness (QED) is 0.239. The first kappa shape index (κ1) is 26.1. The maximum atomic E-state index is 14.3. The smallest absolute Gasteiger partial charge is 0.390 e. The molecule has 37 heavy (non-hydrogen) atoms. The first-order valence-electron chi connectivity index (χ1n) is 11.4. The second kappa shape index (κ2) is 10.2. The van der Waals surface area contributed by atoms with Crippen molar-refractivity contribution in [1.82, 2.24) is 14.6 Å². The molecule has 0 bridgehead atoms.